The summed E-state index contributed by atoms with van der Waals surface area (Å²) in [6.07, 6.45) is 0.442. The fraction of sp³-hybridized carbons (Fsp3) is 0.300. The highest BCUT2D eigenvalue weighted by atomic mass is 16.7. The third-order valence-electron chi connectivity index (χ3n) is 6.10. The van der Waals surface area contributed by atoms with Crippen molar-refractivity contribution in [2.45, 2.75) is 32.7 Å². The highest BCUT2D eigenvalue weighted by Crippen LogP contribution is 2.32. The normalized spacial score (nSPS) is 11.8. The van der Waals surface area contributed by atoms with Gasteiger partial charge in [0.15, 0.2) is 17.3 Å². The Morgan fingerprint density at radius 3 is 2.15 bits per heavy atom. The van der Waals surface area contributed by atoms with Gasteiger partial charge in [0.25, 0.3) is 5.91 Å². The van der Waals surface area contributed by atoms with E-state index in [0.29, 0.717) is 5.82 Å². The number of carbonyl (C=O) groups is 2. The zero-order valence-corrected chi connectivity index (χ0v) is 23.2. The molecule has 4 rings (SSSR count). The second-order valence-corrected chi connectivity index (χ2v) is 9.65. The standard InChI is InChI=1S/C30H33N5O5/c1-19(2)18-39-30(37)40-26-23(38-5)16-17-31-25(26)29(36)32-20(3)27-33-28(35(4)34-27)24(21-12-8-6-9-13-21)22-14-10-7-11-15-22/h6-17,19-20,24H,18H2,1-5H3,(H,32,36)/t20-/m0/s1. The van der Waals surface area contributed by atoms with Crippen molar-refractivity contribution in [3.8, 4) is 11.5 Å². The van der Waals surface area contributed by atoms with Gasteiger partial charge < -0.3 is 19.5 Å². The zero-order valence-electron chi connectivity index (χ0n) is 23.2. The molecule has 10 nitrogen and oxygen atoms in total. The molecule has 0 aliphatic carbocycles. The van der Waals surface area contributed by atoms with E-state index in [1.165, 1.54) is 19.4 Å². The Balaban J connectivity index is 1.59. The van der Waals surface area contributed by atoms with Crippen molar-refractivity contribution in [2.24, 2.45) is 13.0 Å². The Bertz CT molecular complexity index is 1400. The first-order valence-electron chi connectivity index (χ1n) is 13.0. The number of aryl methyl sites for hydroxylation is 1. The largest absolute Gasteiger partial charge is 0.514 e. The van der Waals surface area contributed by atoms with Crippen LogP contribution in [0.2, 0.25) is 0 Å². The molecule has 0 aliphatic rings. The van der Waals surface area contributed by atoms with Crippen molar-refractivity contribution >= 4 is 12.1 Å². The highest BCUT2D eigenvalue weighted by Gasteiger charge is 2.27. The SMILES string of the molecule is COc1ccnc(C(=O)N[C@@H](C)c2nc(C(c3ccccc3)c3ccccc3)n(C)n2)c1OC(=O)OCC(C)C. The Kier molecular flexibility index (Phi) is 9.11. The van der Waals surface area contributed by atoms with Crippen molar-refractivity contribution in [2.75, 3.05) is 13.7 Å². The third kappa shape index (κ3) is 6.63. The number of benzene rings is 2. The predicted molar refractivity (Wildman–Crippen MR) is 148 cm³/mol. The van der Waals surface area contributed by atoms with E-state index in [1.807, 2.05) is 57.3 Å². The van der Waals surface area contributed by atoms with Crippen LogP contribution in [0.4, 0.5) is 4.79 Å². The number of carbonyl (C=O) groups excluding carboxylic acids is 2. The average molecular weight is 544 g/mol. The van der Waals surface area contributed by atoms with Crippen LogP contribution in [0.1, 0.15) is 66.0 Å². The lowest BCUT2D eigenvalue weighted by atomic mass is 9.90. The summed E-state index contributed by atoms with van der Waals surface area (Å²) in [4.78, 5) is 34.6. The Morgan fingerprint density at radius 1 is 0.950 bits per heavy atom. The fourth-order valence-electron chi connectivity index (χ4n) is 4.16. The molecule has 0 saturated heterocycles. The second kappa shape index (κ2) is 12.9. The molecule has 2 aromatic heterocycles. The van der Waals surface area contributed by atoms with E-state index < -0.39 is 18.1 Å². The molecule has 10 heteroatoms. The molecule has 0 aliphatic heterocycles. The maximum absolute atomic E-state index is 13.3. The molecule has 4 aromatic rings. The first kappa shape index (κ1) is 28.3. The van der Waals surface area contributed by atoms with E-state index in [4.69, 9.17) is 19.2 Å². The van der Waals surface area contributed by atoms with E-state index in [-0.39, 0.29) is 35.6 Å². The van der Waals surface area contributed by atoms with Crippen LogP contribution in [0, 0.1) is 5.92 Å². The smallest absolute Gasteiger partial charge is 0.493 e. The molecular formula is C30H33N5O5. The van der Waals surface area contributed by atoms with Crippen molar-refractivity contribution in [3.63, 3.8) is 0 Å². The van der Waals surface area contributed by atoms with Gasteiger partial charge in [-0.3, -0.25) is 9.48 Å². The third-order valence-corrected chi connectivity index (χ3v) is 6.10. The number of nitrogens with one attached hydrogen (secondary N) is 1. The molecule has 0 spiro atoms. The van der Waals surface area contributed by atoms with Gasteiger partial charge in [0.1, 0.15) is 5.82 Å². The van der Waals surface area contributed by atoms with Crippen molar-refractivity contribution in [3.05, 3.63) is 101 Å². The summed E-state index contributed by atoms with van der Waals surface area (Å²) in [6, 6.07) is 21.0. The minimum Gasteiger partial charge on any atom is -0.493 e. The van der Waals surface area contributed by atoms with Crippen LogP contribution in [0.15, 0.2) is 72.9 Å². The van der Waals surface area contributed by atoms with Crippen LogP contribution in [0.3, 0.4) is 0 Å². The molecule has 0 fully saturated rings. The number of amides is 1. The van der Waals surface area contributed by atoms with Gasteiger partial charge in [-0.1, -0.05) is 74.5 Å². The van der Waals surface area contributed by atoms with Crippen LogP contribution >= 0.6 is 0 Å². The monoisotopic (exact) mass is 543 g/mol. The van der Waals surface area contributed by atoms with Crippen LogP contribution in [0.5, 0.6) is 11.5 Å². The van der Waals surface area contributed by atoms with Gasteiger partial charge in [-0.2, -0.15) is 5.10 Å². The molecule has 0 bridgehead atoms. The van der Waals surface area contributed by atoms with E-state index in [0.717, 1.165) is 17.0 Å². The summed E-state index contributed by atoms with van der Waals surface area (Å²) >= 11 is 0. The molecular weight excluding hydrogens is 510 g/mol. The lowest BCUT2D eigenvalue weighted by Crippen LogP contribution is -2.29. The molecule has 1 atom stereocenters. The lowest BCUT2D eigenvalue weighted by Gasteiger charge is -2.17. The average Bonchev–Trinajstić information content (AvgIpc) is 3.34. The van der Waals surface area contributed by atoms with Gasteiger partial charge in [-0.05, 0) is 24.0 Å². The van der Waals surface area contributed by atoms with E-state index in [9.17, 15) is 9.59 Å². The molecule has 1 N–H and O–H groups in total. The van der Waals surface area contributed by atoms with Gasteiger partial charge >= 0.3 is 6.16 Å². The minimum absolute atomic E-state index is 0.117. The summed E-state index contributed by atoms with van der Waals surface area (Å²) in [7, 11) is 3.23. The summed E-state index contributed by atoms with van der Waals surface area (Å²) in [6.45, 7) is 5.74. The number of hydrogen-bond acceptors (Lipinski definition) is 8. The van der Waals surface area contributed by atoms with E-state index in [1.54, 1.807) is 11.6 Å². The first-order valence-corrected chi connectivity index (χ1v) is 13.0. The molecule has 208 valence electrons. The topological polar surface area (TPSA) is 117 Å². The van der Waals surface area contributed by atoms with Gasteiger partial charge in [0.05, 0.1) is 25.7 Å². The number of nitrogens with zero attached hydrogens (tertiary/aromatic N) is 4. The fourth-order valence-corrected chi connectivity index (χ4v) is 4.16. The number of rotatable bonds is 10. The summed E-state index contributed by atoms with van der Waals surface area (Å²) in [5, 5.41) is 7.47. The first-order chi connectivity index (χ1) is 19.3. The Labute approximate surface area is 233 Å². The highest BCUT2D eigenvalue weighted by molar-refractivity contribution is 5.96. The minimum atomic E-state index is -0.953. The van der Waals surface area contributed by atoms with Gasteiger partial charge in [-0.15, -0.1) is 0 Å². The molecule has 40 heavy (non-hydrogen) atoms. The van der Waals surface area contributed by atoms with Crippen molar-refractivity contribution in [1.29, 1.82) is 0 Å². The molecule has 2 heterocycles. The molecule has 0 radical (unpaired) electrons. The van der Waals surface area contributed by atoms with Crippen molar-refractivity contribution in [1.82, 2.24) is 25.1 Å². The quantitative estimate of drug-likeness (QED) is 0.276. The molecule has 0 unspecified atom stereocenters. The van der Waals surface area contributed by atoms with E-state index in [2.05, 4.69) is 39.7 Å². The number of hydrogen-bond donors (Lipinski definition) is 1. The number of aromatic nitrogens is 4. The maximum Gasteiger partial charge on any atom is 0.514 e. The molecule has 2 aromatic carbocycles. The molecule has 1 amide bonds. The van der Waals surface area contributed by atoms with Gasteiger partial charge in [0.2, 0.25) is 5.75 Å². The van der Waals surface area contributed by atoms with Crippen LogP contribution in [-0.2, 0) is 11.8 Å². The number of pyridine rings is 1. The summed E-state index contributed by atoms with van der Waals surface area (Å²) in [5.74, 6) is 0.552. The van der Waals surface area contributed by atoms with Gasteiger partial charge in [0, 0.05) is 19.3 Å². The molecule has 0 saturated carbocycles. The van der Waals surface area contributed by atoms with Gasteiger partial charge in [-0.25, -0.2) is 14.8 Å². The van der Waals surface area contributed by atoms with Crippen molar-refractivity contribution < 1.29 is 23.8 Å². The number of ether oxygens (including phenoxy) is 3. The van der Waals surface area contributed by atoms with E-state index >= 15 is 0 Å². The zero-order chi connectivity index (χ0) is 28.6. The van der Waals surface area contributed by atoms with Crippen LogP contribution < -0.4 is 14.8 Å². The summed E-state index contributed by atoms with van der Waals surface area (Å²) < 4.78 is 17.5. The van der Waals surface area contributed by atoms with Crippen LogP contribution in [-0.4, -0.2) is 45.5 Å². The predicted octanol–water partition coefficient (Wildman–Crippen LogP) is 5.06. The maximum atomic E-state index is 13.3. The Hall–Kier alpha value is -4.73. The van der Waals surface area contributed by atoms with Crippen LogP contribution in [0.25, 0.3) is 0 Å². The lowest BCUT2D eigenvalue weighted by molar-refractivity contribution is 0.0852. The Morgan fingerprint density at radius 2 is 1.57 bits per heavy atom. The second-order valence-electron chi connectivity index (χ2n) is 9.65. The summed E-state index contributed by atoms with van der Waals surface area (Å²) in [5.41, 5.74) is 2.01. The number of methoxy groups -OCH3 is 1.